The molecule has 3 unspecified atom stereocenters. The SMILES string of the molecule is CC(c1cccc(O)c1)N(C)C1CCCC1CN. The van der Waals surface area contributed by atoms with Crippen LogP contribution in [0.5, 0.6) is 5.75 Å². The van der Waals surface area contributed by atoms with Crippen molar-refractivity contribution < 1.29 is 5.11 Å². The minimum atomic E-state index is 0.314. The summed E-state index contributed by atoms with van der Waals surface area (Å²) in [5.74, 6) is 0.962. The first-order chi connectivity index (χ1) is 8.63. The monoisotopic (exact) mass is 248 g/mol. The largest absolute Gasteiger partial charge is 0.508 e. The van der Waals surface area contributed by atoms with Crippen molar-refractivity contribution in [3.05, 3.63) is 29.8 Å². The first kappa shape index (κ1) is 13.4. The fourth-order valence-corrected chi connectivity index (χ4v) is 3.14. The molecule has 0 heterocycles. The highest BCUT2D eigenvalue weighted by Crippen LogP contribution is 2.33. The van der Waals surface area contributed by atoms with E-state index >= 15 is 0 Å². The summed E-state index contributed by atoms with van der Waals surface area (Å²) >= 11 is 0. The Labute approximate surface area is 110 Å². The van der Waals surface area contributed by atoms with Crippen LogP contribution in [0.2, 0.25) is 0 Å². The number of phenolic OH excluding ortho intramolecular Hbond substituents is 1. The third-order valence-electron chi connectivity index (χ3n) is 4.41. The van der Waals surface area contributed by atoms with Crippen molar-refractivity contribution in [2.24, 2.45) is 11.7 Å². The van der Waals surface area contributed by atoms with Crippen LogP contribution in [0.4, 0.5) is 0 Å². The second-order valence-corrected chi connectivity index (χ2v) is 5.43. The molecule has 1 aliphatic carbocycles. The van der Waals surface area contributed by atoms with Gasteiger partial charge in [-0.3, -0.25) is 4.90 Å². The van der Waals surface area contributed by atoms with Crippen LogP contribution in [-0.2, 0) is 0 Å². The predicted octanol–water partition coefficient (Wildman–Crippen LogP) is 2.51. The van der Waals surface area contributed by atoms with Gasteiger partial charge in [-0.2, -0.15) is 0 Å². The van der Waals surface area contributed by atoms with Crippen LogP contribution >= 0.6 is 0 Å². The highest BCUT2D eigenvalue weighted by molar-refractivity contribution is 5.29. The fourth-order valence-electron chi connectivity index (χ4n) is 3.14. The lowest BCUT2D eigenvalue weighted by atomic mass is 9.99. The first-order valence-electron chi connectivity index (χ1n) is 6.84. The minimum absolute atomic E-state index is 0.314. The van der Waals surface area contributed by atoms with Gasteiger partial charge in [0.15, 0.2) is 0 Å². The predicted molar refractivity (Wildman–Crippen MR) is 74.5 cm³/mol. The Morgan fingerprint density at radius 1 is 1.44 bits per heavy atom. The van der Waals surface area contributed by atoms with Crippen LogP contribution < -0.4 is 5.73 Å². The summed E-state index contributed by atoms with van der Waals surface area (Å²) in [5.41, 5.74) is 7.03. The Morgan fingerprint density at radius 3 is 2.89 bits per heavy atom. The Bertz CT molecular complexity index is 394. The molecule has 3 heteroatoms. The summed E-state index contributed by atoms with van der Waals surface area (Å²) in [5, 5.41) is 9.57. The van der Waals surface area contributed by atoms with Gasteiger partial charge in [0.1, 0.15) is 5.75 Å². The van der Waals surface area contributed by atoms with E-state index in [1.807, 2.05) is 12.1 Å². The van der Waals surface area contributed by atoms with Crippen LogP contribution in [0.3, 0.4) is 0 Å². The average Bonchev–Trinajstić information content (AvgIpc) is 2.85. The number of rotatable bonds is 4. The molecule has 18 heavy (non-hydrogen) atoms. The molecule has 0 spiro atoms. The molecule has 1 aromatic rings. The third kappa shape index (κ3) is 2.68. The van der Waals surface area contributed by atoms with Crippen molar-refractivity contribution in [2.45, 2.75) is 38.3 Å². The quantitative estimate of drug-likeness (QED) is 0.860. The number of aromatic hydroxyl groups is 1. The van der Waals surface area contributed by atoms with Crippen molar-refractivity contribution in [3.63, 3.8) is 0 Å². The van der Waals surface area contributed by atoms with Gasteiger partial charge in [-0.05, 0) is 57.0 Å². The van der Waals surface area contributed by atoms with Gasteiger partial charge in [-0.15, -0.1) is 0 Å². The maximum absolute atomic E-state index is 9.57. The van der Waals surface area contributed by atoms with E-state index in [9.17, 15) is 5.11 Å². The number of hydrogen-bond acceptors (Lipinski definition) is 3. The van der Waals surface area contributed by atoms with Gasteiger partial charge in [-0.1, -0.05) is 18.6 Å². The number of nitrogens with two attached hydrogens (primary N) is 1. The number of nitrogens with zero attached hydrogens (tertiary/aromatic N) is 1. The summed E-state index contributed by atoms with van der Waals surface area (Å²) in [7, 11) is 2.17. The molecule has 3 N–H and O–H groups in total. The van der Waals surface area contributed by atoms with Crippen LogP contribution in [0, 0.1) is 5.92 Å². The molecule has 0 radical (unpaired) electrons. The summed E-state index contributed by atoms with van der Waals surface area (Å²) in [6, 6.07) is 8.45. The van der Waals surface area contributed by atoms with Gasteiger partial charge in [0.05, 0.1) is 0 Å². The number of benzene rings is 1. The summed E-state index contributed by atoms with van der Waals surface area (Å²) < 4.78 is 0. The van der Waals surface area contributed by atoms with Gasteiger partial charge < -0.3 is 10.8 Å². The van der Waals surface area contributed by atoms with Crippen molar-refractivity contribution in [1.29, 1.82) is 0 Å². The van der Waals surface area contributed by atoms with Crippen LogP contribution in [0.15, 0.2) is 24.3 Å². The van der Waals surface area contributed by atoms with Crippen molar-refractivity contribution in [2.75, 3.05) is 13.6 Å². The molecule has 1 saturated carbocycles. The van der Waals surface area contributed by atoms with Gasteiger partial charge in [0.2, 0.25) is 0 Å². The summed E-state index contributed by atoms with van der Waals surface area (Å²) in [6.45, 7) is 2.97. The molecule has 1 aliphatic rings. The highest BCUT2D eigenvalue weighted by Gasteiger charge is 2.31. The molecule has 0 amide bonds. The molecule has 3 atom stereocenters. The van der Waals surface area contributed by atoms with E-state index in [1.54, 1.807) is 6.07 Å². The molecule has 0 aromatic heterocycles. The van der Waals surface area contributed by atoms with Crippen LogP contribution in [0.25, 0.3) is 0 Å². The lowest BCUT2D eigenvalue weighted by Crippen LogP contribution is -2.39. The molecule has 1 fully saturated rings. The van der Waals surface area contributed by atoms with E-state index in [0.29, 0.717) is 23.8 Å². The van der Waals surface area contributed by atoms with E-state index in [1.165, 1.54) is 24.8 Å². The zero-order chi connectivity index (χ0) is 13.1. The maximum Gasteiger partial charge on any atom is 0.115 e. The normalized spacial score (nSPS) is 25.6. The van der Waals surface area contributed by atoms with Crippen molar-refractivity contribution in [1.82, 2.24) is 4.90 Å². The fraction of sp³-hybridized carbons (Fsp3) is 0.600. The topological polar surface area (TPSA) is 49.5 Å². The van der Waals surface area contributed by atoms with E-state index in [0.717, 1.165) is 6.54 Å². The third-order valence-corrected chi connectivity index (χ3v) is 4.41. The Balaban J connectivity index is 2.10. The number of hydrogen-bond donors (Lipinski definition) is 2. The van der Waals surface area contributed by atoms with Crippen LogP contribution in [-0.4, -0.2) is 29.6 Å². The molecular weight excluding hydrogens is 224 g/mol. The standard InChI is InChI=1S/C15H24N2O/c1-11(12-5-3-7-14(18)9-12)17(2)15-8-4-6-13(15)10-16/h3,5,7,9,11,13,15,18H,4,6,8,10,16H2,1-2H3. The first-order valence-corrected chi connectivity index (χ1v) is 6.84. The minimum Gasteiger partial charge on any atom is -0.508 e. The van der Waals surface area contributed by atoms with Gasteiger partial charge in [0, 0.05) is 12.1 Å². The number of phenols is 1. The van der Waals surface area contributed by atoms with E-state index < -0.39 is 0 Å². The van der Waals surface area contributed by atoms with E-state index in [-0.39, 0.29) is 0 Å². The lowest BCUT2D eigenvalue weighted by Gasteiger charge is -2.34. The Hall–Kier alpha value is -1.06. The van der Waals surface area contributed by atoms with Crippen LogP contribution in [0.1, 0.15) is 37.8 Å². The second-order valence-electron chi connectivity index (χ2n) is 5.43. The van der Waals surface area contributed by atoms with Crippen molar-refractivity contribution >= 4 is 0 Å². The molecule has 0 aliphatic heterocycles. The molecule has 3 nitrogen and oxygen atoms in total. The summed E-state index contributed by atoms with van der Waals surface area (Å²) in [4.78, 5) is 2.42. The van der Waals surface area contributed by atoms with Gasteiger partial charge in [0.25, 0.3) is 0 Å². The Kier molecular flexibility index (Phi) is 4.25. The molecule has 100 valence electrons. The smallest absolute Gasteiger partial charge is 0.115 e. The highest BCUT2D eigenvalue weighted by atomic mass is 16.3. The van der Waals surface area contributed by atoms with Gasteiger partial charge in [-0.25, -0.2) is 0 Å². The van der Waals surface area contributed by atoms with Crippen molar-refractivity contribution in [3.8, 4) is 5.75 Å². The molecular formula is C15H24N2O. The average molecular weight is 248 g/mol. The Morgan fingerprint density at radius 2 is 2.22 bits per heavy atom. The maximum atomic E-state index is 9.57. The van der Waals surface area contributed by atoms with Gasteiger partial charge >= 0.3 is 0 Å². The zero-order valence-corrected chi connectivity index (χ0v) is 11.3. The molecule has 1 aromatic carbocycles. The van der Waals surface area contributed by atoms with E-state index in [4.69, 9.17) is 5.73 Å². The molecule has 2 rings (SSSR count). The van der Waals surface area contributed by atoms with E-state index in [2.05, 4.69) is 24.9 Å². The second kappa shape index (κ2) is 5.72. The summed E-state index contributed by atoms with van der Waals surface area (Å²) in [6.07, 6.45) is 3.77. The lowest BCUT2D eigenvalue weighted by molar-refractivity contribution is 0.152. The zero-order valence-electron chi connectivity index (χ0n) is 11.3. The molecule has 0 bridgehead atoms. The molecule has 0 saturated heterocycles.